The minimum Gasteiger partial charge on any atom is -0.481 e. The average molecular weight is 270 g/mol. The first kappa shape index (κ1) is 15.7. The van der Waals surface area contributed by atoms with E-state index in [4.69, 9.17) is 15.3 Å². The highest BCUT2D eigenvalue weighted by Gasteiger charge is 2.39. The molecule has 0 aromatic carbocycles. The van der Waals surface area contributed by atoms with E-state index >= 15 is 0 Å². The van der Waals surface area contributed by atoms with E-state index in [0.717, 1.165) is 12.8 Å². The number of hydrogen-bond acceptors (Lipinski definition) is 3. The van der Waals surface area contributed by atoms with E-state index in [9.17, 15) is 9.59 Å². The van der Waals surface area contributed by atoms with E-state index < -0.39 is 18.0 Å². The second-order valence-corrected chi connectivity index (χ2v) is 5.22. The van der Waals surface area contributed by atoms with Crippen LogP contribution in [0, 0.1) is 17.8 Å². The molecule has 0 aromatic heterocycles. The minimum absolute atomic E-state index is 0.0645. The Morgan fingerprint density at radius 3 is 2.26 bits per heavy atom. The maximum Gasteiger partial charge on any atom is 0.307 e. The van der Waals surface area contributed by atoms with Crippen molar-refractivity contribution >= 4 is 11.9 Å². The molecule has 2 bridgehead atoms. The lowest BCUT2D eigenvalue weighted by Gasteiger charge is -2.11. The molecule has 1 saturated carbocycles. The molecule has 108 valence electrons. The summed E-state index contributed by atoms with van der Waals surface area (Å²) in [6.45, 7) is 1.83. The van der Waals surface area contributed by atoms with Crippen molar-refractivity contribution in [1.82, 2.24) is 0 Å². The Morgan fingerprint density at radius 1 is 1.26 bits per heavy atom. The molecule has 0 aliphatic heterocycles. The Bertz CT molecular complexity index is 350. The third-order valence-electron chi connectivity index (χ3n) is 3.76. The third kappa shape index (κ3) is 5.03. The summed E-state index contributed by atoms with van der Waals surface area (Å²) < 4.78 is 0. The van der Waals surface area contributed by atoms with Crippen LogP contribution in [0.1, 0.15) is 39.0 Å². The molecule has 4 atom stereocenters. The van der Waals surface area contributed by atoms with Gasteiger partial charge in [0, 0.05) is 6.42 Å². The van der Waals surface area contributed by atoms with Crippen LogP contribution in [0.15, 0.2) is 12.2 Å². The maximum absolute atomic E-state index is 10.6. The fourth-order valence-corrected chi connectivity index (χ4v) is 2.56. The highest BCUT2D eigenvalue weighted by Crippen LogP contribution is 2.43. The summed E-state index contributed by atoms with van der Waals surface area (Å²) >= 11 is 0. The van der Waals surface area contributed by atoms with Gasteiger partial charge in [-0.2, -0.15) is 0 Å². The van der Waals surface area contributed by atoms with Gasteiger partial charge >= 0.3 is 11.9 Å². The third-order valence-corrected chi connectivity index (χ3v) is 3.76. The van der Waals surface area contributed by atoms with Gasteiger partial charge in [0.05, 0.1) is 12.0 Å². The van der Waals surface area contributed by atoms with Gasteiger partial charge in [0.2, 0.25) is 0 Å². The summed E-state index contributed by atoms with van der Waals surface area (Å²) in [5, 5.41) is 25.7. The minimum atomic E-state index is -0.845. The number of hydrogen-bond donors (Lipinski definition) is 3. The highest BCUT2D eigenvalue weighted by atomic mass is 16.4. The molecule has 4 unspecified atom stereocenters. The van der Waals surface area contributed by atoms with Gasteiger partial charge in [-0.3, -0.25) is 9.59 Å². The standard InChI is InChI=1S/C8H10O2.C6H12O3/c9-8(10)7-4-5-1-2-6(7)3-5;1-2-5(7)3-4-6(8)9/h1-2,5-7H,3-4H2,(H,9,10);5,7H,2-4H2,1H3,(H,8,9). The zero-order valence-electron chi connectivity index (χ0n) is 11.2. The van der Waals surface area contributed by atoms with Gasteiger partial charge in [-0.15, -0.1) is 0 Å². The van der Waals surface area contributed by atoms with Crippen LogP contribution >= 0.6 is 0 Å². The van der Waals surface area contributed by atoms with Gasteiger partial charge in [0.15, 0.2) is 0 Å². The Balaban J connectivity index is 0.000000192. The van der Waals surface area contributed by atoms with Gasteiger partial charge in [0.25, 0.3) is 0 Å². The van der Waals surface area contributed by atoms with Crippen LogP contribution in [0.4, 0.5) is 0 Å². The molecule has 2 rings (SSSR count). The van der Waals surface area contributed by atoms with Crippen molar-refractivity contribution in [3.05, 3.63) is 12.2 Å². The number of allylic oxidation sites excluding steroid dienone is 2. The Kier molecular flexibility index (Phi) is 6.02. The SMILES string of the molecule is CCC(O)CCC(=O)O.O=C(O)C1CC2C=CC1C2. The molecule has 2 aliphatic rings. The normalized spacial score (nSPS) is 28.6. The lowest BCUT2D eigenvalue weighted by Crippen LogP contribution is -2.17. The van der Waals surface area contributed by atoms with Gasteiger partial charge in [-0.05, 0) is 37.5 Å². The van der Waals surface area contributed by atoms with Crippen LogP contribution in [-0.4, -0.2) is 33.4 Å². The smallest absolute Gasteiger partial charge is 0.307 e. The van der Waals surface area contributed by atoms with E-state index in [0.29, 0.717) is 24.7 Å². The largest absolute Gasteiger partial charge is 0.481 e. The number of aliphatic hydroxyl groups is 1. The van der Waals surface area contributed by atoms with Crippen molar-refractivity contribution < 1.29 is 24.9 Å². The average Bonchev–Trinajstić information content (AvgIpc) is 2.98. The zero-order valence-corrected chi connectivity index (χ0v) is 11.2. The fraction of sp³-hybridized carbons (Fsp3) is 0.714. The van der Waals surface area contributed by atoms with E-state index in [2.05, 4.69) is 12.2 Å². The number of carbonyl (C=O) groups is 2. The number of aliphatic hydroxyl groups excluding tert-OH is 1. The van der Waals surface area contributed by atoms with Crippen molar-refractivity contribution in [3.8, 4) is 0 Å². The summed E-state index contributed by atoms with van der Waals surface area (Å²) in [6, 6.07) is 0. The van der Waals surface area contributed by atoms with Crippen molar-refractivity contribution in [3.63, 3.8) is 0 Å². The molecule has 2 aliphatic carbocycles. The van der Waals surface area contributed by atoms with Gasteiger partial charge < -0.3 is 15.3 Å². The van der Waals surface area contributed by atoms with E-state index in [-0.39, 0.29) is 12.3 Å². The fourth-order valence-electron chi connectivity index (χ4n) is 2.56. The first-order valence-corrected chi connectivity index (χ1v) is 6.75. The molecule has 0 radical (unpaired) electrons. The number of carboxylic acids is 2. The number of rotatable bonds is 5. The predicted molar refractivity (Wildman–Crippen MR) is 69.6 cm³/mol. The van der Waals surface area contributed by atoms with Gasteiger partial charge in [-0.1, -0.05) is 19.1 Å². The topological polar surface area (TPSA) is 94.8 Å². The maximum atomic E-state index is 10.6. The Hall–Kier alpha value is -1.36. The summed E-state index contributed by atoms with van der Waals surface area (Å²) in [5.41, 5.74) is 0. The van der Waals surface area contributed by atoms with Gasteiger partial charge in [0.1, 0.15) is 0 Å². The van der Waals surface area contributed by atoms with Crippen molar-refractivity contribution in [2.24, 2.45) is 17.8 Å². The zero-order chi connectivity index (χ0) is 14.4. The highest BCUT2D eigenvalue weighted by molar-refractivity contribution is 5.71. The first-order valence-electron chi connectivity index (χ1n) is 6.75. The molecular formula is C14H22O5. The lowest BCUT2D eigenvalue weighted by molar-refractivity contribution is -0.142. The number of aliphatic carboxylic acids is 2. The van der Waals surface area contributed by atoms with E-state index in [1.165, 1.54) is 0 Å². The molecule has 3 N–H and O–H groups in total. The number of fused-ring (bicyclic) bond motifs is 2. The molecule has 0 aromatic rings. The molecule has 5 nitrogen and oxygen atoms in total. The van der Waals surface area contributed by atoms with Crippen molar-refractivity contribution in [2.75, 3.05) is 0 Å². The monoisotopic (exact) mass is 270 g/mol. The molecule has 0 heterocycles. The summed E-state index contributed by atoms with van der Waals surface area (Å²) in [6.07, 6.45) is 6.79. The second kappa shape index (κ2) is 7.28. The van der Waals surface area contributed by atoms with Crippen LogP contribution in [0.5, 0.6) is 0 Å². The first-order chi connectivity index (χ1) is 8.93. The molecular weight excluding hydrogens is 248 g/mol. The van der Waals surface area contributed by atoms with Crippen molar-refractivity contribution in [1.29, 1.82) is 0 Å². The Labute approximate surface area is 112 Å². The Morgan fingerprint density at radius 2 is 1.95 bits per heavy atom. The van der Waals surface area contributed by atoms with Crippen LogP contribution in [0.3, 0.4) is 0 Å². The van der Waals surface area contributed by atoms with Crippen LogP contribution in [0.2, 0.25) is 0 Å². The predicted octanol–water partition coefficient (Wildman–Crippen LogP) is 1.91. The van der Waals surface area contributed by atoms with E-state index in [1.807, 2.05) is 6.92 Å². The summed E-state index contributed by atoms with van der Waals surface area (Å²) in [7, 11) is 0. The summed E-state index contributed by atoms with van der Waals surface area (Å²) in [5.74, 6) is -0.608. The molecule has 0 amide bonds. The summed E-state index contributed by atoms with van der Waals surface area (Å²) in [4.78, 5) is 20.5. The number of carboxylic acid groups (broad SMARTS) is 2. The van der Waals surface area contributed by atoms with Crippen LogP contribution in [0.25, 0.3) is 0 Å². The molecule has 0 spiro atoms. The van der Waals surface area contributed by atoms with Crippen LogP contribution < -0.4 is 0 Å². The quantitative estimate of drug-likeness (QED) is 0.663. The van der Waals surface area contributed by atoms with Crippen molar-refractivity contribution in [2.45, 2.75) is 45.1 Å². The lowest BCUT2D eigenvalue weighted by atomic mass is 9.94. The van der Waals surface area contributed by atoms with Crippen LogP contribution in [-0.2, 0) is 9.59 Å². The van der Waals surface area contributed by atoms with E-state index in [1.54, 1.807) is 0 Å². The molecule has 1 fully saturated rings. The molecule has 5 heteroatoms. The second-order valence-electron chi connectivity index (χ2n) is 5.22. The molecule has 19 heavy (non-hydrogen) atoms. The van der Waals surface area contributed by atoms with Gasteiger partial charge in [-0.25, -0.2) is 0 Å². The molecule has 0 saturated heterocycles.